The van der Waals surface area contributed by atoms with Gasteiger partial charge >= 0.3 is 0 Å². The smallest absolute Gasteiger partial charge is 0.275 e. The maximum absolute atomic E-state index is 13.0. The first-order valence-electron chi connectivity index (χ1n) is 8.72. The number of aromatic amines is 1. The first kappa shape index (κ1) is 19.4. The Balaban J connectivity index is 1.87. The third-order valence-electron chi connectivity index (χ3n) is 4.46. The van der Waals surface area contributed by atoms with E-state index < -0.39 is 15.6 Å². The highest BCUT2D eigenvalue weighted by Crippen LogP contribution is 2.31. The maximum Gasteiger partial charge on any atom is 0.275 e. The molecule has 0 saturated carbocycles. The number of rotatable bonds is 4. The zero-order valence-corrected chi connectivity index (χ0v) is 17.7. The van der Waals surface area contributed by atoms with Gasteiger partial charge in [-0.05, 0) is 48.9 Å². The van der Waals surface area contributed by atoms with Crippen LogP contribution in [0, 0.1) is 6.92 Å². The number of hydrogen-bond acceptors (Lipinski definition) is 4. The minimum absolute atomic E-state index is 0.132. The summed E-state index contributed by atoms with van der Waals surface area (Å²) >= 11 is 3.39. The summed E-state index contributed by atoms with van der Waals surface area (Å²) in [5, 5.41) is 0. The van der Waals surface area contributed by atoms with Gasteiger partial charge in [-0.25, -0.2) is 13.4 Å². The molecule has 0 radical (unpaired) electrons. The molecule has 8 heteroatoms. The average Bonchev–Trinajstić information content (AvgIpc) is 2.69. The summed E-state index contributed by atoms with van der Waals surface area (Å²) < 4.78 is 29.2. The number of para-hydroxylation sites is 2. The van der Waals surface area contributed by atoms with Crippen LogP contribution >= 0.6 is 15.9 Å². The van der Waals surface area contributed by atoms with Crippen molar-refractivity contribution < 1.29 is 8.42 Å². The van der Waals surface area contributed by atoms with Crippen LogP contribution in [0.15, 0.2) is 80.9 Å². The zero-order valence-electron chi connectivity index (χ0n) is 15.3. The van der Waals surface area contributed by atoms with Crippen LogP contribution in [0.2, 0.25) is 0 Å². The predicted octanol–water partition coefficient (Wildman–Crippen LogP) is 4.46. The third-order valence-corrected chi connectivity index (χ3v) is 6.48. The summed E-state index contributed by atoms with van der Waals surface area (Å²) in [5.41, 5.74) is 2.22. The van der Waals surface area contributed by atoms with Crippen LogP contribution in [-0.2, 0) is 10.0 Å². The zero-order chi connectivity index (χ0) is 20.6. The Kier molecular flexibility index (Phi) is 4.97. The van der Waals surface area contributed by atoms with Gasteiger partial charge in [-0.1, -0.05) is 46.3 Å². The third kappa shape index (κ3) is 3.81. The van der Waals surface area contributed by atoms with Crippen LogP contribution < -0.4 is 10.3 Å². The van der Waals surface area contributed by atoms with E-state index in [4.69, 9.17) is 0 Å². The van der Waals surface area contributed by atoms with Gasteiger partial charge in [0.25, 0.3) is 15.6 Å². The van der Waals surface area contributed by atoms with Crippen molar-refractivity contribution in [1.82, 2.24) is 9.97 Å². The van der Waals surface area contributed by atoms with Gasteiger partial charge in [-0.15, -0.1) is 0 Å². The Morgan fingerprint density at radius 2 is 1.72 bits per heavy atom. The number of sulfonamides is 1. The second kappa shape index (κ2) is 7.46. The van der Waals surface area contributed by atoms with Crippen molar-refractivity contribution in [1.29, 1.82) is 0 Å². The van der Waals surface area contributed by atoms with Gasteiger partial charge in [0.05, 0.1) is 21.6 Å². The molecule has 3 aromatic carbocycles. The van der Waals surface area contributed by atoms with Crippen molar-refractivity contribution in [3.8, 4) is 11.3 Å². The summed E-state index contributed by atoms with van der Waals surface area (Å²) in [5.74, 6) is 0. The number of anilines is 1. The first-order chi connectivity index (χ1) is 13.8. The Bertz CT molecular complexity index is 1400. The van der Waals surface area contributed by atoms with Crippen LogP contribution in [0.5, 0.6) is 0 Å². The molecule has 0 amide bonds. The van der Waals surface area contributed by atoms with Crippen molar-refractivity contribution in [3.63, 3.8) is 0 Å². The molecule has 0 spiro atoms. The molecular weight excluding hydrogens is 454 g/mol. The molecule has 0 atom stereocenters. The summed E-state index contributed by atoms with van der Waals surface area (Å²) in [6, 6.07) is 18.9. The SMILES string of the molecule is Cc1ccccc1S(=O)(=O)Nc1ccc(Br)cc1-c1nc2ccccc2[nH]c1=O. The van der Waals surface area contributed by atoms with Gasteiger partial charge in [0, 0.05) is 10.0 Å². The first-order valence-corrected chi connectivity index (χ1v) is 11.0. The molecule has 2 N–H and O–H groups in total. The van der Waals surface area contributed by atoms with Crippen molar-refractivity contribution in [2.24, 2.45) is 0 Å². The fraction of sp³-hybridized carbons (Fsp3) is 0.0476. The summed E-state index contributed by atoms with van der Waals surface area (Å²) in [6.45, 7) is 1.73. The van der Waals surface area contributed by atoms with Crippen LogP contribution in [0.25, 0.3) is 22.3 Å². The monoisotopic (exact) mass is 469 g/mol. The molecule has 0 fully saturated rings. The largest absolute Gasteiger partial charge is 0.319 e. The molecule has 0 bridgehead atoms. The van der Waals surface area contributed by atoms with Crippen molar-refractivity contribution in [3.05, 3.63) is 87.1 Å². The van der Waals surface area contributed by atoms with Crippen LogP contribution in [0.4, 0.5) is 5.69 Å². The number of aryl methyl sites for hydroxylation is 1. The molecule has 1 heterocycles. The number of hydrogen-bond donors (Lipinski definition) is 2. The predicted molar refractivity (Wildman–Crippen MR) is 117 cm³/mol. The highest BCUT2D eigenvalue weighted by Gasteiger charge is 2.20. The fourth-order valence-electron chi connectivity index (χ4n) is 3.07. The number of halogens is 1. The topological polar surface area (TPSA) is 91.9 Å². The number of nitrogens with one attached hydrogen (secondary N) is 2. The maximum atomic E-state index is 13.0. The van der Waals surface area contributed by atoms with E-state index in [1.807, 2.05) is 6.07 Å². The Labute approximate surface area is 175 Å². The lowest BCUT2D eigenvalue weighted by Crippen LogP contribution is -2.17. The molecule has 0 aliphatic heterocycles. The Hall–Kier alpha value is -2.97. The average molecular weight is 470 g/mol. The minimum atomic E-state index is -3.85. The lowest BCUT2D eigenvalue weighted by molar-refractivity contribution is 0.600. The van der Waals surface area contributed by atoms with E-state index in [-0.39, 0.29) is 16.3 Å². The van der Waals surface area contributed by atoms with E-state index in [2.05, 4.69) is 30.6 Å². The highest BCUT2D eigenvalue weighted by molar-refractivity contribution is 9.10. The summed E-state index contributed by atoms with van der Waals surface area (Å²) in [7, 11) is -3.85. The molecule has 1 aromatic heterocycles. The van der Waals surface area contributed by atoms with Crippen molar-refractivity contribution in [2.75, 3.05) is 4.72 Å². The molecule has 0 aliphatic carbocycles. The van der Waals surface area contributed by atoms with Crippen molar-refractivity contribution in [2.45, 2.75) is 11.8 Å². The highest BCUT2D eigenvalue weighted by atomic mass is 79.9. The Morgan fingerprint density at radius 3 is 2.52 bits per heavy atom. The van der Waals surface area contributed by atoms with E-state index in [1.165, 1.54) is 6.07 Å². The van der Waals surface area contributed by atoms with Crippen molar-refractivity contribution >= 4 is 42.7 Å². The van der Waals surface area contributed by atoms with Gasteiger partial charge < -0.3 is 4.98 Å². The van der Waals surface area contributed by atoms with Gasteiger partial charge in [0.15, 0.2) is 0 Å². The lowest BCUT2D eigenvalue weighted by atomic mass is 10.1. The number of H-pyrrole nitrogens is 1. The van der Waals surface area contributed by atoms with Crippen LogP contribution in [0.3, 0.4) is 0 Å². The second-order valence-electron chi connectivity index (χ2n) is 6.49. The normalized spacial score (nSPS) is 11.5. The molecule has 29 heavy (non-hydrogen) atoms. The van der Waals surface area contributed by atoms with E-state index >= 15 is 0 Å². The van der Waals surface area contributed by atoms with E-state index in [9.17, 15) is 13.2 Å². The second-order valence-corrected chi connectivity index (χ2v) is 9.06. The van der Waals surface area contributed by atoms with Crippen LogP contribution in [-0.4, -0.2) is 18.4 Å². The molecule has 0 saturated heterocycles. The summed E-state index contributed by atoms with van der Waals surface area (Å²) in [4.78, 5) is 20.1. The van der Waals surface area contributed by atoms with E-state index in [0.29, 0.717) is 26.6 Å². The fourth-order valence-corrected chi connectivity index (χ4v) is 4.76. The standard InChI is InChI=1S/C21H16BrN3O3S/c1-13-6-2-5-9-19(13)29(27,28)25-16-11-10-14(22)12-15(16)20-21(26)24-18-8-4-3-7-17(18)23-20/h2-12,25H,1H3,(H,24,26). The minimum Gasteiger partial charge on any atom is -0.319 e. The molecule has 6 nitrogen and oxygen atoms in total. The van der Waals surface area contributed by atoms with Gasteiger partial charge in [0.2, 0.25) is 0 Å². The van der Waals surface area contributed by atoms with E-state index in [0.717, 1.165) is 0 Å². The molecule has 0 unspecified atom stereocenters. The number of nitrogens with zero attached hydrogens (tertiary/aromatic N) is 1. The molecular formula is C21H16BrN3O3S. The lowest BCUT2D eigenvalue weighted by Gasteiger charge is -2.14. The van der Waals surface area contributed by atoms with Gasteiger partial charge in [-0.3, -0.25) is 9.52 Å². The number of aromatic nitrogens is 2. The molecule has 4 aromatic rings. The number of benzene rings is 3. The van der Waals surface area contributed by atoms with Crippen LogP contribution in [0.1, 0.15) is 5.56 Å². The summed E-state index contributed by atoms with van der Waals surface area (Å²) in [6.07, 6.45) is 0. The molecule has 4 rings (SSSR count). The molecule has 0 aliphatic rings. The van der Waals surface area contributed by atoms with E-state index in [1.54, 1.807) is 61.5 Å². The quantitative estimate of drug-likeness (QED) is 0.461. The molecule has 146 valence electrons. The van der Waals surface area contributed by atoms with Gasteiger partial charge in [-0.2, -0.15) is 0 Å². The number of fused-ring (bicyclic) bond motifs is 1. The van der Waals surface area contributed by atoms with Gasteiger partial charge in [0.1, 0.15) is 5.69 Å². The Morgan fingerprint density at radius 1 is 1.00 bits per heavy atom.